The van der Waals surface area contributed by atoms with E-state index in [2.05, 4.69) is 22.0 Å². The molecule has 1 aromatic heterocycles. The lowest BCUT2D eigenvalue weighted by molar-refractivity contribution is -0.117. The van der Waals surface area contributed by atoms with Crippen molar-refractivity contribution in [2.45, 2.75) is 19.8 Å². The first-order chi connectivity index (χ1) is 8.13. The summed E-state index contributed by atoms with van der Waals surface area (Å²) in [4.78, 5) is 13.0. The molecule has 0 aliphatic rings. The van der Waals surface area contributed by atoms with Crippen molar-refractivity contribution < 1.29 is 4.79 Å². The van der Waals surface area contributed by atoms with Gasteiger partial charge < -0.3 is 0 Å². The molecule has 0 N–H and O–H groups in total. The minimum atomic E-state index is 0.268. The Bertz CT molecular complexity index is 531. The van der Waals surface area contributed by atoms with Crippen LogP contribution in [0.2, 0.25) is 0 Å². The normalized spacial score (nSPS) is 10.5. The Balaban J connectivity index is 1.98. The molecule has 1 heterocycles. The van der Waals surface area contributed by atoms with Gasteiger partial charge in [-0.25, -0.2) is 0 Å². The summed E-state index contributed by atoms with van der Waals surface area (Å²) in [6.45, 7) is 2.05. The summed E-state index contributed by atoms with van der Waals surface area (Å²) < 4.78 is 1.08. The lowest BCUT2D eigenvalue weighted by atomic mass is 10.0. The minimum absolute atomic E-state index is 0.268. The van der Waals surface area contributed by atoms with Crippen LogP contribution in [0, 0.1) is 6.92 Å². The molecule has 0 radical (unpaired) electrons. The highest BCUT2D eigenvalue weighted by atomic mass is 79.9. The molecule has 3 heteroatoms. The maximum Gasteiger partial charge on any atom is 0.142 e. The van der Waals surface area contributed by atoms with Gasteiger partial charge in [0.2, 0.25) is 0 Å². The van der Waals surface area contributed by atoms with E-state index < -0.39 is 0 Å². The number of thiophene rings is 1. The molecule has 2 aromatic rings. The van der Waals surface area contributed by atoms with Crippen LogP contribution in [0.1, 0.15) is 16.0 Å². The smallest absolute Gasteiger partial charge is 0.142 e. The number of halogens is 1. The highest BCUT2D eigenvalue weighted by Crippen LogP contribution is 2.22. The quantitative estimate of drug-likeness (QED) is 0.828. The van der Waals surface area contributed by atoms with Gasteiger partial charge in [-0.05, 0) is 40.5 Å². The summed E-state index contributed by atoms with van der Waals surface area (Å²) in [5.41, 5.74) is 2.31. The molecule has 0 amide bonds. The van der Waals surface area contributed by atoms with E-state index in [0.29, 0.717) is 12.8 Å². The Hall–Kier alpha value is -0.930. The molecule has 0 saturated heterocycles. The highest BCUT2D eigenvalue weighted by Gasteiger charge is 2.07. The number of hydrogen-bond acceptors (Lipinski definition) is 2. The third-order valence-electron chi connectivity index (χ3n) is 2.48. The second-order valence-electron chi connectivity index (χ2n) is 4.09. The molecule has 0 fully saturated rings. The van der Waals surface area contributed by atoms with E-state index in [1.807, 2.05) is 37.3 Å². The van der Waals surface area contributed by atoms with Gasteiger partial charge >= 0.3 is 0 Å². The standard InChI is InChI=1S/C14H13BrOS/c1-10-3-2-4-11(7-10)8-12(16)9-13-5-6-14(15)17-13/h2-7H,8-9H2,1H3. The molecule has 1 nitrogen and oxygen atoms in total. The topological polar surface area (TPSA) is 17.1 Å². The van der Waals surface area contributed by atoms with E-state index in [0.717, 1.165) is 14.2 Å². The molecule has 0 atom stereocenters. The van der Waals surface area contributed by atoms with Crippen LogP contribution < -0.4 is 0 Å². The molecule has 0 aliphatic heterocycles. The molecule has 88 valence electrons. The number of benzene rings is 1. The van der Waals surface area contributed by atoms with Crippen molar-refractivity contribution in [3.05, 3.63) is 56.2 Å². The first-order valence-corrected chi connectivity index (χ1v) is 7.06. The minimum Gasteiger partial charge on any atom is -0.299 e. The van der Waals surface area contributed by atoms with Crippen molar-refractivity contribution >= 4 is 33.0 Å². The van der Waals surface area contributed by atoms with Crippen molar-refractivity contribution in [3.63, 3.8) is 0 Å². The molecule has 2 rings (SSSR count). The van der Waals surface area contributed by atoms with Gasteiger partial charge in [-0.1, -0.05) is 29.8 Å². The van der Waals surface area contributed by atoms with Crippen LogP contribution in [-0.2, 0) is 17.6 Å². The molecule has 17 heavy (non-hydrogen) atoms. The summed E-state index contributed by atoms with van der Waals surface area (Å²) in [6, 6.07) is 12.1. The van der Waals surface area contributed by atoms with E-state index in [9.17, 15) is 4.79 Å². The SMILES string of the molecule is Cc1cccc(CC(=O)Cc2ccc(Br)s2)c1. The zero-order valence-corrected chi connectivity index (χ0v) is 12.0. The average molecular weight is 309 g/mol. The van der Waals surface area contributed by atoms with Gasteiger partial charge in [0.25, 0.3) is 0 Å². The maximum atomic E-state index is 11.9. The van der Waals surface area contributed by atoms with E-state index >= 15 is 0 Å². The van der Waals surface area contributed by atoms with Gasteiger partial charge in [0.15, 0.2) is 0 Å². The van der Waals surface area contributed by atoms with Crippen LogP contribution in [0.3, 0.4) is 0 Å². The van der Waals surface area contributed by atoms with Gasteiger partial charge in [-0.3, -0.25) is 4.79 Å². The predicted molar refractivity (Wildman–Crippen MR) is 75.6 cm³/mol. The highest BCUT2D eigenvalue weighted by molar-refractivity contribution is 9.11. The fourth-order valence-electron chi connectivity index (χ4n) is 1.75. The third-order valence-corrected chi connectivity index (χ3v) is 4.11. The van der Waals surface area contributed by atoms with E-state index in [4.69, 9.17) is 0 Å². The monoisotopic (exact) mass is 308 g/mol. The van der Waals surface area contributed by atoms with Gasteiger partial charge in [0.05, 0.1) is 3.79 Å². The Morgan fingerprint density at radius 1 is 1.24 bits per heavy atom. The number of ketones is 1. The number of hydrogen-bond donors (Lipinski definition) is 0. The number of carbonyl (C=O) groups is 1. The molecule has 0 spiro atoms. The van der Waals surface area contributed by atoms with Crippen LogP contribution in [0.5, 0.6) is 0 Å². The molecule has 1 aromatic carbocycles. The predicted octanol–water partition coefficient (Wildman–Crippen LogP) is 4.17. The largest absolute Gasteiger partial charge is 0.299 e. The second kappa shape index (κ2) is 5.61. The number of aryl methyl sites for hydroxylation is 1. The lowest BCUT2D eigenvalue weighted by Crippen LogP contribution is -2.05. The van der Waals surface area contributed by atoms with Crippen LogP contribution in [0.4, 0.5) is 0 Å². The fraction of sp³-hybridized carbons (Fsp3) is 0.214. The Labute approximate surface area is 114 Å². The molecular formula is C14H13BrOS. The van der Waals surface area contributed by atoms with Crippen molar-refractivity contribution in [1.29, 1.82) is 0 Å². The number of carbonyl (C=O) groups excluding carboxylic acids is 1. The van der Waals surface area contributed by atoms with Gasteiger partial charge in [0.1, 0.15) is 5.78 Å². The molecule has 0 bridgehead atoms. The summed E-state index contributed by atoms with van der Waals surface area (Å²) >= 11 is 5.03. The first kappa shape index (κ1) is 12.5. The average Bonchev–Trinajstić information content (AvgIpc) is 2.63. The molecule has 0 unspecified atom stereocenters. The molecule has 0 aliphatic carbocycles. The van der Waals surface area contributed by atoms with Crippen molar-refractivity contribution in [3.8, 4) is 0 Å². The Kier molecular flexibility index (Phi) is 4.13. The Morgan fingerprint density at radius 3 is 2.71 bits per heavy atom. The zero-order valence-electron chi connectivity index (χ0n) is 9.57. The molecular weight excluding hydrogens is 296 g/mol. The van der Waals surface area contributed by atoms with Crippen LogP contribution in [0.15, 0.2) is 40.2 Å². The first-order valence-electron chi connectivity index (χ1n) is 5.45. The second-order valence-corrected chi connectivity index (χ2v) is 6.63. The zero-order chi connectivity index (χ0) is 12.3. The van der Waals surface area contributed by atoms with Crippen molar-refractivity contribution in [2.24, 2.45) is 0 Å². The van der Waals surface area contributed by atoms with Gasteiger partial charge in [0, 0.05) is 17.7 Å². The van der Waals surface area contributed by atoms with E-state index in [1.54, 1.807) is 11.3 Å². The van der Waals surface area contributed by atoms with Gasteiger partial charge in [-0.15, -0.1) is 11.3 Å². The summed E-state index contributed by atoms with van der Waals surface area (Å²) in [5, 5.41) is 0. The lowest BCUT2D eigenvalue weighted by Gasteiger charge is -2.01. The third kappa shape index (κ3) is 3.79. The van der Waals surface area contributed by atoms with Crippen molar-refractivity contribution in [1.82, 2.24) is 0 Å². The summed E-state index contributed by atoms with van der Waals surface area (Å²) in [7, 11) is 0. The van der Waals surface area contributed by atoms with E-state index in [1.165, 1.54) is 5.56 Å². The maximum absolute atomic E-state index is 11.9. The van der Waals surface area contributed by atoms with Crippen LogP contribution in [0.25, 0.3) is 0 Å². The van der Waals surface area contributed by atoms with Crippen LogP contribution in [-0.4, -0.2) is 5.78 Å². The van der Waals surface area contributed by atoms with Crippen LogP contribution >= 0.6 is 27.3 Å². The fourth-order valence-corrected chi connectivity index (χ4v) is 3.27. The Morgan fingerprint density at radius 2 is 2.06 bits per heavy atom. The van der Waals surface area contributed by atoms with E-state index in [-0.39, 0.29) is 5.78 Å². The summed E-state index contributed by atoms with van der Waals surface area (Å²) in [6.07, 6.45) is 1.06. The number of Topliss-reactive ketones (excluding diaryl/α,β-unsaturated/α-hetero) is 1. The van der Waals surface area contributed by atoms with Gasteiger partial charge in [-0.2, -0.15) is 0 Å². The number of rotatable bonds is 4. The molecule has 0 saturated carbocycles. The summed E-state index contributed by atoms with van der Waals surface area (Å²) in [5.74, 6) is 0.268. The van der Waals surface area contributed by atoms with Crippen molar-refractivity contribution in [2.75, 3.05) is 0 Å².